The molecule has 15 heavy (non-hydrogen) atoms. The molecular formula is C12H17N3. The van der Waals surface area contributed by atoms with Crippen LogP contribution in [0.2, 0.25) is 0 Å². The lowest BCUT2D eigenvalue weighted by molar-refractivity contribution is 0.472. The summed E-state index contributed by atoms with van der Waals surface area (Å²) in [6, 6.07) is 6.65. The highest BCUT2D eigenvalue weighted by Gasteiger charge is 2.04. The van der Waals surface area contributed by atoms with Crippen molar-refractivity contribution in [3.63, 3.8) is 0 Å². The Balaban J connectivity index is 2.07. The molecule has 0 aromatic carbocycles. The number of aromatic nitrogens is 3. The molecule has 3 heteroatoms. The summed E-state index contributed by atoms with van der Waals surface area (Å²) in [5, 5.41) is 4.55. The molecule has 80 valence electrons. The normalized spacial score (nSPS) is 12.9. The monoisotopic (exact) mass is 203 g/mol. The Morgan fingerprint density at radius 3 is 2.67 bits per heavy atom. The van der Waals surface area contributed by atoms with Crippen LogP contribution in [0.4, 0.5) is 0 Å². The topological polar surface area (TPSA) is 22.8 Å². The molecule has 2 aromatic rings. The first kappa shape index (κ1) is 10.0. The maximum atomic E-state index is 4.55. The average molecular weight is 203 g/mol. The predicted octanol–water partition coefficient (Wildman–Crippen LogP) is 2.70. The Morgan fingerprint density at radius 1 is 1.27 bits per heavy atom. The van der Waals surface area contributed by atoms with Gasteiger partial charge in [-0.15, -0.1) is 0 Å². The fraction of sp³-hybridized carbons (Fsp3) is 0.417. The van der Waals surface area contributed by atoms with Crippen molar-refractivity contribution in [2.45, 2.75) is 32.9 Å². The highest BCUT2D eigenvalue weighted by molar-refractivity contribution is 5.02. The van der Waals surface area contributed by atoms with Crippen LogP contribution < -0.4 is 0 Å². The molecule has 0 aliphatic rings. The molecule has 0 N–H and O–H groups in total. The highest BCUT2D eigenvalue weighted by Crippen LogP contribution is 2.09. The van der Waals surface area contributed by atoms with Crippen LogP contribution in [-0.2, 0) is 6.54 Å². The molecule has 0 saturated carbocycles. The van der Waals surface area contributed by atoms with Gasteiger partial charge in [-0.25, -0.2) is 0 Å². The van der Waals surface area contributed by atoms with Crippen LogP contribution in [-0.4, -0.2) is 14.3 Å². The van der Waals surface area contributed by atoms with E-state index in [1.54, 1.807) is 0 Å². The van der Waals surface area contributed by atoms with Crippen molar-refractivity contribution in [2.24, 2.45) is 0 Å². The van der Waals surface area contributed by atoms with E-state index in [2.05, 4.69) is 48.2 Å². The van der Waals surface area contributed by atoms with E-state index in [4.69, 9.17) is 0 Å². The molecule has 1 unspecified atom stereocenters. The number of rotatable bonds is 4. The van der Waals surface area contributed by atoms with Gasteiger partial charge in [0.25, 0.3) is 0 Å². The van der Waals surface area contributed by atoms with Gasteiger partial charge in [-0.05, 0) is 31.5 Å². The average Bonchev–Trinajstić information content (AvgIpc) is 2.88. The van der Waals surface area contributed by atoms with Gasteiger partial charge in [-0.1, -0.05) is 6.92 Å². The maximum Gasteiger partial charge on any atom is 0.0821 e. The first-order valence-electron chi connectivity index (χ1n) is 5.44. The predicted molar refractivity (Wildman–Crippen MR) is 60.8 cm³/mol. The zero-order valence-electron chi connectivity index (χ0n) is 9.30. The molecule has 0 amide bonds. The number of hydrogen-bond donors (Lipinski definition) is 0. The standard InChI is InChI=1S/C12H17N3/c1-3-11(2)15-9-6-12(13-15)10-14-7-4-5-8-14/h4-9,11H,3,10H2,1-2H3. The largest absolute Gasteiger partial charge is 0.348 e. The summed E-state index contributed by atoms with van der Waals surface area (Å²) in [7, 11) is 0. The van der Waals surface area contributed by atoms with Crippen LogP contribution in [0.25, 0.3) is 0 Å². The minimum absolute atomic E-state index is 0.489. The molecule has 0 fully saturated rings. The fourth-order valence-corrected chi connectivity index (χ4v) is 1.56. The second-order valence-electron chi connectivity index (χ2n) is 3.90. The molecule has 0 saturated heterocycles. The molecule has 3 nitrogen and oxygen atoms in total. The second kappa shape index (κ2) is 4.34. The summed E-state index contributed by atoms with van der Waals surface area (Å²) in [6.45, 7) is 5.22. The van der Waals surface area contributed by atoms with Gasteiger partial charge < -0.3 is 4.57 Å². The third-order valence-corrected chi connectivity index (χ3v) is 2.72. The molecule has 0 aliphatic carbocycles. The van der Waals surface area contributed by atoms with Gasteiger partial charge in [0, 0.05) is 24.6 Å². The number of nitrogens with zero attached hydrogens (tertiary/aromatic N) is 3. The lowest BCUT2D eigenvalue weighted by Gasteiger charge is -2.08. The van der Waals surface area contributed by atoms with Gasteiger partial charge in [0.1, 0.15) is 0 Å². The van der Waals surface area contributed by atoms with E-state index in [0.29, 0.717) is 6.04 Å². The minimum atomic E-state index is 0.489. The van der Waals surface area contributed by atoms with Gasteiger partial charge in [-0.2, -0.15) is 5.10 Å². The maximum absolute atomic E-state index is 4.55. The van der Waals surface area contributed by atoms with Gasteiger partial charge in [0.15, 0.2) is 0 Å². The third kappa shape index (κ3) is 2.29. The molecule has 0 bridgehead atoms. The van der Waals surface area contributed by atoms with Gasteiger partial charge in [0.2, 0.25) is 0 Å². The van der Waals surface area contributed by atoms with Crippen molar-refractivity contribution in [3.05, 3.63) is 42.5 Å². The van der Waals surface area contributed by atoms with Gasteiger partial charge >= 0.3 is 0 Å². The summed E-state index contributed by atoms with van der Waals surface area (Å²) in [6.07, 6.45) is 7.29. The zero-order chi connectivity index (χ0) is 10.7. The SMILES string of the molecule is CCC(C)n1ccc(Cn2cccc2)n1. The van der Waals surface area contributed by atoms with Crippen LogP contribution in [0.5, 0.6) is 0 Å². The van der Waals surface area contributed by atoms with Crippen molar-refractivity contribution < 1.29 is 0 Å². The summed E-state index contributed by atoms with van der Waals surface area (Å²) >= 11 is 0. The van der Waals surface area contributed by atoms with E-state index in [0.717, 1.165) is 18.7 Å². The van der Waals surface area contributed by atoms with Crippen molar-refractivity contribution in [1.82, 2.24) is 14.3 Å². The van der Waals surface area contributed by atoms with Crippen LogP contribution in [0, 0.1) is 0 Å². The van der Waals surface area contributed by atoms with E-state index in [-0.39, 0.29) is 0 Å². The lowest BCUT2D eigenvalue weighted by Crippen LogP contribution is -2.05. The van der Waals surface area contributed by atoms with E-state index in [1.807, 2.05) is 16.8 Å². The van der Waals surface area contributed by atoms with E-state index < -0.39 is 0 Å². The molecule has 2 heterocycles. The molecule has 1 atom stereocenters. The van der Waals surface area contributed by atoms with Crippen LogP contribution in [0.3, 0.4) is 0 Å². The van der Waals surface area contributed by atoms with Gasteiger partial charge in [0.05, 0.1) is 12.2 Å². The molecule has 2 rings (SSSR count). The van der Waals surface area contributed by atoms with Crippen molar-refractivity contribution >= 4 is 0 Å². The molecule has 0 spiro atoms. The Labute approximate surface area is 90.3 Å². The van der Waals surface area contributed by atoms with E-state index in [9.17, 15) is 0 Å². The Hall–Kier alpha value is -1.51. The summed E-state index contributed by atoms with van der Waals surface area (Å²) in [5.74, 6) is 0. The van der Waals surface area contributed by atoms with Gasteiger partial charge in [-0.3, -0.25) is 4.68 Å². The van der Waals surface area contributed by atoms with Crippen LogP contribution in [0.1, 0.15) is 32.0 Å². The summed E-state index contributed by atoms with van der Waals surface area (Å²) in [4.78, 5) is 0. The first-order chi connectivity index (χ1) is 7.29. The Morgan fingerprint density at radius 2 is 2.00 bits per heavy atom. The molecule has 2 aromatic heterocycles. The Bertz CT molecular complexity index is 400. The van der Waals surface area contributed by atoms with Crippen LogP contribution >= 0.6 is 0 Å². The van der Waals surface area contributed by atoms with E-state index >= 15 is 0 Å². The molecule has 0 radical (unpaired) electrons. The third-order valence-electron chi connectivity index (χ3n) is 2.72. The Kier molecular flexibility index (Phi) is 2.90. The fourth-order valence-electron chi connectivity index (χ4n) is 1.56. The summed E-state index contributed by atoms with van der Waals surface area (Å²) in [5.41, 5.74) is 1.12. The van der Waals surface area contributed by atoms with Crippen molar-refractivity contribution in [2.75, 3.05) is 0 Å². The smallest absolute Gasteiger partial charge is 0.0821 e. The molecular weight excluding hydrogens is 186 g/mol. The lowest BCUT2D eigenvalue weighted by atomic mass is 10.3. The number of hydrogen-bond acceptors (Lipinski definition) is 1. The highest BCUT2D eigenvalue weighted by atomic mass is 15.3. The van der Waals surface area contributed by atoms with Crippen molar-refractivity contribution in [3.8, 4) is 0 Å². The summed E-state index contributed by atoms with van der Waals surface area (Å²) < 4.78 is 4.17. The molecule has 0 aliphatic heterocycles. The first-order valence-corrected chi connectivity index (χ1v) is 5.44. The van der Waals surface area contributed by atoms with E-state index in [1.165, 1.54) is 0 Å². The quantitative estimate of drug-likeness (QED) is 0.749. The van der Waals surface area contributed by atoms with Crippen molar-refractivity contribution in [1.29, 1.82) is 0 Å². The minimum Gasteiger partial charge on any atom is -0.348 e. The second-order valence-corrected chi connectivity index (χ2v) is 3.90. The van der Waals surface area contributed by atoms with Crippen LogP contribution in [0.15, 0.2) is 36.8 Å². The zero-order valence-corrected chi connectivity index (χ0v) is 9.30.